The molecule has 0 radical (unpaired) electrons. The smallest absolute Gasteiger partial charge is 0.407 e. The van der Waals surface area contributed by atoms with Gasteiger partial charge in [-0.3, -0.25) is 48.9 Å². The van der Waals surface area contributed by atoms with Crippen molar-refractivity contribution >= 4 is 104 Å². The number of ketones is 2. The maximum absolute atomic E-state index is 15.3. The van der Waals surface area contributed by atoms with Crippen LogP contribution in [0.1, 0.15) is 190 Å². The normalized spacial score (nSPS) is 20.2. The summed E-state index contributed by atoms with van der Waals surface area (Å²) in [6, 6.07) is 33.9. The quantitative estimate of drug-likeness (QED) is 0.00249. The lowest BCUT2D eigenvalue weighted by Crippen LogP contribution is -2.62. The first-order valence-corrected chi connectivity index (χ1v) is 48.5. The number of nitrogens with one attached hydrogen (secondary N) is 3. The molecule has 2 saturated carbocycles. The summed E-state index contributed by atoms with van der Waals surface area (Å²) in [6.45, 7) is 21.1. The molecule has 7 aromatic rings. The van der Waals surface area contributed by atoms with E-state index in [1.807, 2.05) is 157 Å². The minimum Gasteiger partial charge on any atom is -0.492 e. The number of carboxylic acid groups (broad SMARTS) is 2. The van der Waals surface area contributed by atoms with Crippen molar-refractivity contribution in [2.24, 2.45) is 51.5 Å². The van der Waals surface area contributed by atoms with Crippen molar-refractivity contribution in [1.82, 2.24) is 40.5 Å². The Morgan fingerprint density at radius 1 is 0.818 bits per heavy atom. The first-order chi connectivity index (χ1) is 65.2. The third kappa shape index (κ3) is 29.5. The number of esters is 2. The maximum Gasteiger partial charge on any atom is 0.407 e. The van der Waals surface area contributed by atoms with Gasteiger partial charge in [-0.15, -0.1) is 23.1 Å². The third-order valence-electron chi connectivity index (χ3n) is 25.6. The van der Waals surface area contributed by atoms with Crippen molar-refractivity contribution in [3.63, 3.8) is 0 Å². The molecule has 7 heterocycles. The molecule has 35 heteroatoms. The lowest BCUT2D eigenvalue weighted by Gasteiger charge is -2.49. The number of aliphatic hydroxyl groups is 4. The number of pyridine rings is 2. The molecular weight excluding hydrogens is 1800 g/mol. The molecule has 137 heavy (non-hydrogen) atoms. The maximum atomic E-state index is 15.3. The number of thiazole rings is 1. The van der Waals surface area contributed by atoms with Crippen LogP contribution in [0, 0.1) is 52.2 Å². The number of aliphatic hydroxyl groups excluding tert-OH is 4. The zero-order valence-corrected chi connectivity index (χ0v) is 81.4. The van der Waals surface area contributed by atoms with Gasteiger partial charge in [-0.25, -0.2) is 28.8 Å². The van der Waals surface area contributed by atoms with Crippen LogP contribution in [0.2, 0.25) is 0 Å². The fourth-order valence-electron chi connectivity index (χ4n) is 18.2. The number of nitrogen functional groups attached to an aromatic ring is 1. The molecule has 12 N–H and O–H groups in total. The number of halogens is 1. The second-order valence-electron chi connectivity index (χ2n) is 38.0. The predicted molar refractivity (Wildman–Crippen MR) is 521 cm³/mol. The SMILES string of the molecule is C=CC1=C(C(=O)O)N2C(=O)[C@@H](CC(=O)/C(=N\O)c3csc(N)n3)[C@H]2SC1.CC(C)OC(=O)CCC/C=C\C[C@@H]1[C@@H](CC[C@@H](O)CCc2ccccc2)[C@H](O)C[C@@H]1O.COC(=O)C[C@H](C(=O)NN(Cc1ccc(-c2ccccn2)cc1)C[C@H](O)[C@@H](CC(=O)[C@@H](NC(=O)OC)C(C)(C)C)Cc1ccccc1)C(C)(C)C.COc1c(N2C[C@@H]3CCCN[C@@H]3C2)c(F)cc2c(=O)c(C(=O)O)cn(C3CC3)c12. The van der Waals surface area contributed by atoms with Crippen LogP contribution in [-0.4, -0.2) is 221 Å². The number of aromatic nitrogens is 3. The van der Waals surface area contributed by atoms with E-state index >= 15 is 4.39 Å². The molecule has 3 saturated heterocycles. The van der Waals surface area contributed by atoms with Gasteiger partial charge < -0.3 is 80.6 Å². The number of unbranched alkanes of at least 4 members (excludes halogenated alkanes) is 1. The number of hydrazine groups is 1. The summed E-state index contributed by atoms with van der Waals surface area (Å²) >= 11 is 2.46. The summed E-state index contributed by atoms with van der Waals surface area (Å²) in [5, 5.41) is 83.2. The van der Waals surface area contributed by atoms with Crippen LogP contribution in [0.25, 0.3) is 22.2 Å². The standard InChI is InChI=1S/C40H54N4O7.C26H40O5.C21H24FN3O4.C15H14N4O5S2/c1-39(2,3)31(24-35(47)50-7)37(48)43-44(25-28-17-19-29(20-18-28)32-16-12-13-21-41-32)26-34(46)30(22-27-14-10-9-11-15-27)23-33(45)36(40(4,5)6)42-38(49)51-8;1-19(2)31-26(30)13-9-4-3-8-12-22-23(25(29)18-24(22)28)17-16-21(27)15-14-20-10-6-5-7-11-20;1-29-20-17-13(19(26)14(21(27)28)9-25(17)12-4-5-12)7-15(22)18(20)24-8-11-3-2-6-23-16(11)10-24;1-2-6-4-25-13-7(12(21)19(13)11(6)14(22)23)3-9(20)10(18-24)8-5-26-15(16)17-8/h9-21,30-31,34,36,46H,22-26H2,1-8H3,(H,42,49)(H,43,48);3,5-8,10-11,19,21-25,27-29H,4,9,12-18H2,1-2H3;7,9,11-12,16,23H,2-6,8,10H2,1H3,(H,27,28);2,5,7,13,24H,1,3-4H2,(H2,16,17)(H,22,23)/b;8-3-;;18-10-/t30-,31-,34+,36-;21-,22+,23+,24-,25+;11-,16+;7-,13-/m1001/s1. The number of anilines is 2. The Kier molecular flexibility index (Phi) is 39.3. The average Bonchev–Trinajstić information content (AvgIpc) is 1.62. The molecule has 2 aliphatic carbocycles. The number of aromatic carboxylic acids is 1. The van der Waals surface area contributed by atoms with E-state index in [0.717, 1.165) is 91.8 Å². The van der Waals surface area contributed by atoms with Crippen LogP contribution >= 0.6 is 23.1 Å². The molecule has 6 aliphatic rings. The van der Waals surface area contributed by atoms with Crippen molar-refractivity contribution in [3.05, 3.63) is 207 Å². The number of β-lactam (4-membered cyclic amide) rings is 1. The van der Waals surface area contributed by atoms with Gasteiger partial charge in [0, 0.05) is 86.6 Å². The van der Waals surface area contributed by atoms with Gasteiger partial charge in [-0.05, 0) is 179 Å². The number of carboxylic acids is 2. The first kappa shape index (κ1) is 107. The van der Waals surface area contributed by atoms with E-state index in [4.69, 9.17) is 29.9 Å². The molecule has 3 aromatic heterocycles. The largest absolute Gasteiger partial charge is 0.492 e. The highest BCUT2D eigenvalue weighted by molar-refractivity contribution is 8.00. The third-order valence-corrected chi connectivity index (χ3v) is 27.7. The van der Waals surface area contributed by atoms with Crippen LogP contribution in [-0.2, 0) is 67.2 Å². The zero-order chi connectivity index (χ0) is 99.7. The van der Waals surface area contributed by atoms with Crippen LogP contribution in [0.15, 0.2) is 173 Å². The van der Waals surface area contributed by atoms with Gasteiger partial charge in [0.1, 0.15) is 22.6 Å². The number of thioether (sulfide) groups is 1. The van der Waals surface area contributed by atoms with Crippen molar-refractivity contribution in [2.75, 3.05) is 63.9 Å². The summed E-state index contributed by atoms with van der Waals surface area (Å²) in [5.74, 6) is -6.20. The molecule has 0 bridgehead atoms. The average molecular weight is 1930 g/mol. The molecule has 4 aromatic carbocycles. The van der Waals surface area contributed by atoms with Gasteiger partial charge in [0.05, 0.1) is 98.1 Å². The summed E-state index contributed by atoms with van der Waals surface area (Å²) < 4.78 is 37.6. The summed E-state index contributed by atoms with van der Waals surface area (Å²) in [4.78, 5) is 136. The topological polar surface area (TPSA) is 464 Å². The molecule has 5 fully saturated rings. The van der Waals surface area contributed by atoms with E-state index in [9.17, 15) is 78.6 Å². The summed E-state index contributed by atoms with van der Waals surface area (Å²) in [7, 11) is 4.01. The number of methoxy groups -OCH3 is 3. The lowest BCUT2D eigenvalue weighted by atomic mass is 9.78. The highest BCUT2D eigenvalue weighted by Gasteiger charge is 2.54. The number of fused-ring (bicyclic) bond motifs is 3. The number of alkyl carbamates (subject to hydrolysis) is 1. The van der Waals surface area contributed by atoms with E-state index in [2.05, 4.69) is 56.0 Å². The molecule has 0 spiro atoms. The number of aliphatic carboxylic acids is 1. The minimum absolute atomic E-state index is 0.00652. The number of rotatable bonds is 39. The zero-order valence-electron chi connectivity index (χ0n) is 79.7. The van der Waals surface area contributed by atoms with Crippen molar-refractivity contribution < 1.29 is 102 Å². The molecule has 740 valence electrons. The fraction of sp³-hybridized carbons (Fsp3) is 0.500. The number of amides is 3. The Hall–Kier alpha value is -11.6. The number of allylic oxidation sites excluding steroid dienone is 3. The van der Waals surface area contributed by atoms with E-state index in [-0.39, 0.29) is 101 Å². The Labute approximate surface area is 806 Å². The summed E-state index contributed by atoms with van der Waals surface area (Å²) in [5.41, 5.74) is 12.1. The van der Waals surface area contributed by atoms with Crippen LogP contribution in [0.5, 0.6) is 5.75 Å². The van der Waals surface area contributed by atoms with E-state index < -0.39 is 117 Å². The Morgan fingerprint density at radius 2 is 1.50 bits per heavy atom. The van der Waals surface area contributed by atoms with Crippen LogP contribution in [0.4, 0.5) is 20.0 Å². The van der Waals surface area contributed by atoms with E-state index in [1.54, 1.807) is 15.8 Å². The summed E-state index contributed by atoms with van der Waals surface area (Å²) in [6.07, 6.45) is 15.3. The number of aryl methyl sites for hydroxylation is 1. The number of benzene rings is 4. The Morgan fingerprint density at radius 3 is 2.09 bits per heavy atom. The number of nitrogens with two attached hydrogens (primary N) is 1. The van der Waals surface area contributed by atoms with Gasteiger partial charge in [0.25, 0.3) is 0 Å². The number of nitrogens with zero attached hydrogens (tertiary/aromatic N) is 7. The monoisotopic (exact) mass is 1930 g/mol. The molecule has 13 atom stereocenters. The van der Waals surface area contributed by atoms with Gasteiger partial charge in [-0.2, -0.15) is 0 Å². The highest BCUT2D eigenvalue weighted by Crippen LogP contribution is 2.48. The number of Topliss-reactive ketones (excluding diaryl/α,β-unsaturated/α-hetero) is 2. The number of hydrogen-bond acceptors (Lipinski definition) is 28. The van der Waals surface area contributed by atoms with Gasteiger partial charge in [0.15, 0.2) is 34.0 Å². The number of carbonyl (C=O) groups is 9. The molecule has 13 rings (SSSR count). The van der Waals surface area contributed by atoms with Crippen LogP contribution < -0.4 is 36.9 Å². The fourth-order valence-corrected chi connectivity index (χ4v) is 20.2. The van der Waals surface area contributed by atoms with Crippen molar-refractivity contribution in [1.29, 1.82) is 0 Å². The molecule has 3 amide bonds. The Balaban J connectivity index is 0.000000196. The lowest BCUT2D eigenvalue weighted by molar-refractivity contribution is -0.153. The van der Waals surface area contributed by atoms with Crippen molar-refractivity contribution in [3.8, 4) is 17.0 Å². The number of carbonyl (C=O) groups excluding carboxylic acids is 7. The van der Waals surface area contributed by atoms with E-state index in [1.165, 1.54) is 67.3 Å². The molecule has 32 nitrogen and oxygen atoms in total. The second-order valence-corrected chi connectivity index (χ2v) is 40.0. The predicted octanol–water partition coefficient (Wildman–Crippen LogP) is 13.2. The minimum atomic E-state index is -1.30. The highest BCUT2D eigenvalue weighted by atomic mass is 32.2. The number of ether oxygens (including phenoxy) is 4. The Bertz CT molecular complexity index is 5460. The van der Waals surface area contributed by atoms with Crippen LogP contribution in [0.3, 0.4) is 0 Å². The van der Waals surface area contributed by atoms with Gasteiger partial charge in [-0.1, -0.05) is 163 Å². The number of piperidine rings is 1. The number of hydrogen-bond donors (Lipinski definition) is 11. The first-order valence-electron chi connectivity index (χ1n) is 46.6. The molecule has 4 aliphatic heterocycles. The second kappa shape index (κ2) is 50.1. The molecular formula is C102H132FN11O21S2. The van der Waals surface area contributed by atoms with Crippen molar-refractivity contribution in [2.45, 2.75) is 225 Å². The van der Waals surface area contributed by atoms with Gasteiger partial charge in [0.2, 0.25) is 17.2 Å². The van der Waals surface area contributed by atoms with E-state index in [0.29, 0.717) is 91.7 Å². The van der Waals surface area contributed by atoms with Gasteiger partial charge >= 0.3 is 30.0 Å². The molecule has 0 unspecified atom stereocenters. The number of oxime groups is 1.